The summed E-state index contributed by atoms with van der Waals surface area (Å²) in [6.07, 6.45) is 2.73. The minimum Gasteiger partial charge on any atom is -0.497 e. The summed E-state index contributed by atoms with van der Waals surface area (Å²) in [5.41, 5.74) is 8.39. The summed E-state index contributed by atoms with van der Waals surface area (Å²) in [7, 11) is 1.59. The Hall–Kier alpha value is -2.80. The van der Waals surface area contributed by atoms with E-state index in [2.05, 4.69) is 12.2 Å². The average molecular weight is 398 g/mol. The molecule has 3 N–H and O–H groups in total. The lowest BCUT2D eigenvalue weighted by atomic mass is 9.88. The molecule has 7 heteroatoms. The maximum Gasteiger partial charge on any atom is 0.292 e. The minimum absolute atomic E-state index is 0.221. The van der Waals surface area contributed by atoms with Crippen molar-refractivity contribution in [1.29, 1.82) is 0 Å². The highest BCUT2D eigenvalue weighted by molar-refractivity contribution is 7.17. The molecule has 28 heavy (non-hydrogen) atoms. The Balaban J connectivity index is 1.70. The molecule has 0 aliphatic heterocycles. The Morgan fingerprint density at radius 1 is 1.36 bits per heavy atom. The van der Waals surface area contributed by atoms with Gasteiger partial charge in [-0.15, -0.1) is 11.3 Å². The van der Waals surface area contributed by atoms with Crippen molar-refractivity contribution in [3.63, 3.8) is 0 Å². The Morgan fingerprint density at radius 2 is 2.14 bits per heavy atom. The highest BCUT2D eigenvalue weighted by atomic mass is 32.1. The summed E-state index contributed by atoms with van der Waals surface area (Å²) >= 11 is 1.44. The van der Waals surface area contributed by atoms with Crippen molar-refractivity contribution in [2.75, 3.05) is 12.4 Å². The second-order valence-corrected chi connectivity index (χ2v) is 8.40. The number of furan rings is 1. The maximum atomic E-state index is 12.9. The fourth-order valence-corrected chi connectivity index (χ4v) is 5.21. The van der Waals surface area contributed by atoms with Crippen LogP contribution in [0.15, 0.2) is 22.6 Å². The molecular weight excluding hydrogens is 376 g/mol. The molecule has 2 aromatic heterocycles. The number of hydrogen-bond donors (Lipinski definition) is 2. The fraction of sp³-hybridized carbons (Fsp3) is 0.333. The molecule has 3 aromatic rings. The van der Waals surface area contributed by atoms with E-state index in [4.69, 9.17) is 14.9 Å². The third kappa shape index (κ3) is 3.05. The van der Waals surface area contributed by atoms with E-state index in [0.29, 0.717) is 27.8 Å². The summed E-state index contributed by atoms with van der Waals surface area (Å²) in [4.78, 5) is 26.1. The Kier molecular flexibility index (Phi) is 4.63. The number of carbonyl (C=O) groups excluding carboxylic acids is 2. The number of nitrogens with two attached hydrogens (primary N) is 1. The highest BCUT2D eigenvalue weighted by Gasteiger charge is 2.28. The van der Waals surface area contributed by atoms with Crippen LogP contribution in [-0.2, 0) is 12.8 Å². The number of benzene rings is 1. The van der Waals surface area contributed by atoms with Crippen LogP contribution in [-0.4, -0.2) is 18.9 Å². The second kappa shape index (κ2) is 6.98. The van der Waals surface area contributed by atoms with E-state index in [1.807, 2.05) is 13.0 Å². The molecule has 1 aliphatic carbocycles. The van der Waals surface area contributed by atoms with Crippen molar-refractivity contribution in [3.05, 3.63) is 45.5 Å². The van der Waals surface area contributed by atoms with Crippen molar-refractivity contribution in [2.24, 2.45) is 11.7 Å². The lowest BCUT2D eigenvalue weighted by molar-refractivity contribution is 0.0998. The van der Waals surface area contributed by atoms with Gasteiger partial charge in [0.2, 0.25) is 0 Å². The van der Waals surface area contributed by atoms with E-state index in [-0.39, 0.29) is 11.7 Å². The van der Waals surface area contributed by atoms with Crippen molar-refractivity contribution in [3.8, 4) is 5.75 Å². The number of nitrogens with one attached hydrogen (secondary N) is 1. The summed E-state index contributed by atoms with van der Waals surface area (Å²) in [5.74, 6) is 0.580. The largest absolute Gasteiger partial charge is 0.497 e. The maximum absolute atomic E-state index is 12.9. The van der Waals surface area contributed by atoms with Gasteiger partial charge in [-0.05, 0) is 55.9 Å². The molecule has 1 aromatic carbocycles. The number of rotatable bonds is 4. The van der Waals surface area contributed by atoms with Gasteiger partial charge in [0, 0.05) is 15.8 Å². The number of aryl methyl sites for hydroxylation is 1. The van der Waals surface area contributed by atoms with E-state index < -0.39 is 5.91 Å². The van der Waals surface area contributed by atoms with Gasteiger partial charge in [-0.2, -0.15) is 0 Å². The predicted molar refractivity (Wildman–Crippen MR) is 109 cm³/mol. The first-order chi connectivity index (χ1) is 13.4. The molecule has 2 heterocycles. The summed E-state index contributed by atoms with van der Waals surface area (Å²) in [6.45, 7) is 4.02. The van der Waals surface area contributed by atoms with Crippen molar-refractivity contribution >= 4 is 39.1 Å². The first-order valence-corrected chi connectivity index (χ1v) is 10.0. The molecule has 6 nitrogen and oxygen atoms in total. The number of primary amides is 1. The quantitative estimate of drug-likeness (QED) is 0.685. The smallest absolute Gasteiger partial charge is 0.292 e. The number of fused-ring (bicyclic) bond motifs is 2. The van der Waals surface area contributed by atoms with Crippen LogP contribution in [0.2, 0.25) is 0 Å². The Morgan fingerprint density at radius 3 is 2.86 bits per heavy atom. The van der Waals surface area contributed by atoms with Gasteiger partial charge in [0.15, 0.2) is 5.76 Å². The zero-order valence-corrected chi connectivity index (χ0v) is 16.9. The van der Waals surface area contributed by atoms with Crippen LogP contribution < -0.4 is 15.8 Å². The van der Waals surface area contributed by atoms with E-state index in [1.54, 1.807) is 19.2 Å². The second-order valence-electron chi connectivity index (χ2n) is 7.29. The third-order valence-corrected chi connectivity index (χ3v) is 6.50. The number of ether oxygens (including phenoxy) is 1. The molecule has 0 spiro atoms. The molecular formula is C21H22N2O4S. The number of anilines is 1. The van der Waals surface area contributed by atoms with Crippen LogP contribution in [0.3, 0.4) is 0 Å². The molecule has 0 saturated heterocycles. The standard InChI is InChI=1S/C21H22N2O4S/c1-10-4-6-13-16(8-10)28-21(17(13)19(22)24)23-20(25)18-11(2)14-9-12(26-3)5-7-15(14)27-18/h5,7,9-10H,4,6,8H2,1-3H3,(H2,22,24)(H,23,25)/t10-/m0/s1. The third-order valence-electron chi connectivity index (χ3n) is 5.33. The van der Waals surface area contributed by atoms with Crippen LogP contribution in [0, 0.1) is 12.8 Å². The van der Waals surface area contributed by atoms with Crippen LogP contribution >= 0.6 is 11.3 Å². The summed E-state index contributed by atoms with van der Waals surface area (Å²) in [5, 5.41) is 4.19. The first kappa shape index (κ1) is 18.6. The van der Waals surface area contributed by atoms with Gasteiger partial charge >= 0.3 is 0 Å². The lowest BCUT2D eigenvalue weighted by Gasteiger charge is -2.18. The predicted octanol–water partition coefficient (Wildman–Crippen LogP) is 4.29. The SMILES string of the molecule is COc1ccc2oc(C(=O)Nc3sc4c(c3C(N)=O)CC[C@H](C)C4)c(C)c2c1. The van der Waals surface area contributed by atoms with Crippen LogP contribution in [0.1, 0.15) is 50.3 Å². The lowest BCUT2D eigenvalue weighted by Crippen LogP contribution is -2.19. The summed E-state index contributed by atoms with van der Waals surface area (Å²) in [6, 6.07) is 5.40. The Labute approximate surface area is 166 Å². The van der Waals surface area contributed by atoms with Gasteiger partial charge in [-0.25, -0.2) is 0 Å². The molecule has 2 amide bonds. The molecule has 1 atom stereocenters. The molecule has 0 bridgehead atoms. The van der Waals surface area contributed by atoms with E-state index in [0.717, 1.165) is 40.7 Å². The molecule has 0 unspecified atom stereocenters. The number of carbonyl (C=O) groups is 2. The van der Waals surface area contributed by atoms with Gasteiger partial charge in [-0.3, -0.25) is 9.59 Å². The van der Waals surface area contributed by atoms with Crippen LogP contribution in [0.4, 0.5) is 5.00 Å². The van der Waals surface area contributed by atoms with Gasteiger partial charge in [-0.1, -0.05) is 6.92 Å². The van der Waals surface area contributed by atoms with E-state index in [9.17, 15) is 9.59 Å². The molecule has 0 fully saturated rings. The van der Waals surface area contributed by atoms with Crippen LogP contribution in [0.25, 0.3) is 11.0 Å². The average Bonchev–Trinajstić information content (AvgIpc) is 3.18. The van der Waals surface area contributed by atoms with Gasteiger partial charge in [0.05, 0.1) is 12.7 Å². The number of methoxy groups -OCH3 is 1. The number of thiophene rings is 1. The zero-order valence-electron chi connectivity index (χ0n) is 16.0. The Bertz CT molecular complexity index is 1100. The normalized spacial score (nSPS) is 16.0. The topological polar surface area (TPSA) is 94.6 Å². The van der Waals surface area contributed by atoms with Gasteiger partial charge < -0.3 is 20.2 Å². The minimum atomic E-state index is -0.506. The first-order valence-electron chi connectivity index (χ1n) is 9.21. The number of amides is 2. The van der Waals surface area contributed by atoms with Crippen LogP contribution in [0.5, 0.6) is 5.75 Å². The molecule has 4 rings (SSSR count). The molecule has 0 saturated carbocycles. The van der Waals surface area contributed by atoms with Crippen molar-refractivity contribution in [2.45, 2.75) is 33.1 Å². The summed E-state index contributed by atoms with van der Waals surface area (Å²) < 4.78 is 11.0. The fourth-order valence-electron chi connectivity index (χ4n) is 3.80. The highest BCUT2D eigenvalue weighted by Crippen LogP contribution is 2.40. The zero-order chi connectivity index (χ0) is 20.0. The van der Waals surface area contributed by atoms with Crippen molar-refractivity contribution in [1.82, 2.24) is 0 Å². The van der Waals surface area contributed by atoms with E-state index in [1.165, 1.54) is 11.3 Å². The van der Waals surface area contributed by atoms with Crippen molar-refractivity contribution < 1.29 is 18.7 Å². The van der Waals surface area contributed by atoms with E-state index >= 15 is 0 Å². The number of hydrogen-bond acceptors (Lipinski definition) is 5. The van der Waals surface area contributed by atoms with Gasteiger partial charge in [0.1, 0.15) is 16.3 Å². The monoisotopic (exact) mass is 398 g/mol. The van der Waals surface area contributed by atoms with Gasteiger partial charge in [0.25, 0.3) is 11.8 Å². The molecule has 1 aliphatic rings. The molecule has 0 radical (unpaired) electrons. The molecule has 146 valence electrons.